The van der Waals surface area contributed by atoms with E-state index < -0.39 is 0 Å². The predicted molar refractivity (Wildman–Crippen MR) is 98.5 cm³/mol. The van der Waals surface area contributed by atoms with Crippen LogP contribution in [0.3, 0.4) is 0 Å². The number of pyridine rings is 1. The molecule has 3 heteroatoms. The Kier molecular flexibility index (Phi) is 4.05. The molecule has 0 aliphatic carbocycles. The molecule has 0 spiro atoms. The zero-order chi connectivity index (χ0) is 16.7. The van der Waals surface area contributed by atoms with Gasteiger partial charge in [0.25, 0.3) is 0 Å². The van der Waals surface area contributed by atoms with Crippen molar-refractivity contribution in [3.63, 3.8) is 0 Å². The molecule has 2 aromatic rings. The number of hydrogen-bond acceptors (Lipinski definition) is 3. The maximum absolute atomic E-state index is 5.43. The second-order valence-corrected chi connectivity index (χ2v) is 7.32. The summed E-state index contributed by atoms with van der Waals surface area (Å²) in [6.45, 7) is 8.83. The summed E-state index contributed by atoms with van der Waals surface area (Å²) in [6.07, 6.45) is 6.73. The highest BCUT2D eigenvalue weighted by molar-refractivity contribution is 5.84. The number of hydrogen-bond donors (Lipinski definition) is 0. The highest BCUT2D eigenvalue weighted by atomic mass is 16.5. The van der Waals surface area contributed by atoms with Crippen LogP contribution in [0.25, 0.3) is 10.9 Å². The first kappa shape index (κ1) is 15.6. The van der Waals surface area contributed by atoms with Gasteiger partial charge in [-0.1, -0.05) is 13.0 Å². The number of nitrogens with zero attached hydrogens (tertiary/aromatic N) is 2. The first-order valence-corrected chi connectivity index (χ1v) is 9.00. The molecule has 126 valence electrons. The Bertz CT molecular complexity index is 757. The van der Waals surface area contributed by atoms with Crippen molar-refractivity contribution in [3.8, 4) is 5.75 Å². The van der Waals surface area contributed by atoms with Crippen LogP contribution in [0.4, 0.5) is 0 Å². The summed E-state index contributed by atoms with van der Waals surface area (Å²) in [5.41, 5.74) is 2.45. The zero-order valence-corrected chi connectivity index (χ0v) is 14.6. The number of fused-ring (bicyclic) bond motifs is 4. The fourth-order valence-electron chi connectivity index (χ4n) is 4.78. The monoisotopic (exact) mass is 322 g/mol. The molecule has 3 fully saturated rings. The summed E-state index contributed by atoms with van der Waals surface area (Å²) in [5, 5.41) is 1.23. The van der Waals surface area contributed by atoms with Crippen molar-refractivity contribution < 1.29 is 4.74 Å². The maximum Gasteiger partial charge on any atom is 0.119 e. The summed E-state index contributed by atoms with van der Waals surface area (Å²) >= 11 is 0. The molecule has 2 unspecified atom stereocenters. The second kappa shape index (κ2) is 6.21. The maximum atomic E-state index is 5.43. The van der Waals surface area contributed by atoms with Crippen LogP contribution in [0, 0.1) is 11.8 Å². The van der Waals surface area contributed by atoms with Crippen molar-refractivity contribution in [1.29, 1.82) is 0 Å². The van der Waals surface area contributed by atoms with Gasteiger partial charge in [0.2, 0.25) is 0 Å². The molecule has 4 heterocycles. The van der Waals surface area contributed by atoms with Gasteiger partial charge in [-0.3, -0.25) is 9.88 Å². The molecule has 0 N–H and O–H groups in total. The van der Waals surface area contributed by atoms with E-state index in [1.807, 2.05) is 12.3 Å². The van der Waals surface area contributed by atoms with Gasteiger partial charge in [-0.15, -0.1) is 6.58 Å². The molecule has 1 aromatic carbocycles. The Hall–Kier alpha value is -1.87. The van der Waals surface area contributed by atoms with Crippen molar-refractivity contribution in [2.45, 2.75) is 31.7 Å². The highest BCUT2D eigenvalue weighted by Crippen LogP contribution is 2.42. The lowest BCUT2D eigenvalue weighted by molar-refractivity contribution is 0.00925. The molecule has 3 aliphatic heterocycles. The number of aromatic nitrogens is 1. The fourth-order valence-corrected chi connectivity index (χ4v) is 4.78. The van der Waals surface area contributed by atoms with Gasteiger partial charge in [-0.25, -0.2) is 0 Å². The van der Waals surface area contributed by atoms with Crippen LogP contribution in [-0.2, 0) is 0 Å². The Labute approximate surface area is 144 Å². The molecular weight excluding hydrogens is 296 g/mol. The average Bonchev–Trinajstić information content (AvgIpc) is 2.66. The van der Waals surface area contributed by atoms with E-state index in [1.165, 1.54) is 36.9 Å². The standard InChI is InChI=1S/C21H26N2O/c1-4-15-13-23-10-8-16(15)11-21(23)14(2)18-7-9-22-20-6-5-17(24-3)12-19(18)20/h4-7,9,12,14-16,21H,1,8,10-11,13H2,2-3H3/t14-,15+,16?,21-/m1/s1. The molecule has 24 heavy (non-hydrogen) atoms. The van der Waals surface area contributed by atoms with Gasteiger partial charge in [0, 0.05) is 24.2 Å². The summed E-state index contributed by atoms with van der Waals surface area (Å²) in [5.74, 6) is 2.89. The molecule has 0 amide bonds. The third-order valence-corrected chi connectivity index (χ3v) is 6.20. The predicted octanol–water partition coefficient (Wildman–Crippen LogP) is 4.24. The summed E-state index contributed by atoms with van der Waals surface area (Å²) in [7, 11) is 1.72. The van der Waals surface area contributed by atoms with Crippen LogP contribution in [0.1, 0.15) is 31.2 Å². The molecular formula is C21H26N2O. The van der Waals surface area contributed by atoms with Gasteiger partial charge >= 0.3 is 0 Å². The molecule has 1 aromatic heterocycles. The van der Waals surface area contributed by atoms with E-state index in [9.17, 15) is 0 Å². The summed E-state index contributed by atoms with van der Waals surface area (Å²) in [6, 6.07) is 9.00. The van der Waals surface area contributed by atoms with Crippen molar-refractivity contribution in [1.82, 2.24) is 9.88 Å². The van der Waals surface area contributed by atoms with E-state index in [1.54, 1.807) is 7.11 Å². The molecule has 5 atom stereocenters. The SMILES string of the molecule is C=C[C@H]1CN2CCC1C[C@@H]2[C@H](C)c1ccnc2ccc(OC)cc12. The topological polar surface area (TPSA) is 25.4 Å². The van der Waals surface area contributed by atoms with Gasteiger partial charge in [-0.05, 0) is 67.0 Å². The Morgan fingerprint density at radius 3 is 2.96 bits per heavy atom. The van der Waals surface area contributed by atoms with Gasteiger partial charge in [0.15, 0.2) is 0 Å². The Morgan fingerprint density at radius 2 is 2.25 bits per heavy atom. The van der Waals surface area contributed by atoms with Crippen LogP contribution in [0.15, 0.2) is 43.1 Å². The van der Waals surface area contributed by atoms with Crippen molar-refractivity contribution in [3.05, 3.63) is 48.7 Å². The Morgan fingerprint density at radius 1 is 1.38 bits per heavy atom. The lowest BCUT2D eigenvalue weighted by atomic mass is 9.71. The summed E-state index contributed by atoms with van der Waals surface area (Å²) in [4.78, 5) is 7.22. The van der Waals surface area contributed by atoms with E-state index in [0.29, 0.717) is 17.9 Å². The minimum Gasteiger partial charge on any atom is -0.497 e. The van der Waals surface area contributed by atoms with Crippen molar-refractivity contribution >= 4 is 10.9 Å². The van der Waals surface area contributed by atoms with Crippen LogP contribution in [0.5, 0.6) is 5.75 Å². The molecule has 3 aliphatic rings. The average molecular weight is 322 g/mol. The lowest BCUT2D eigenvalue weighted by Gasteiger charge is -2.51. The quantitative estimate of drug-likeness (QED) is 0.787. The number of methoxy groups -OCH3 is 1. The Balaban J connectivity index is 1.69. The highest BCUT2D eigenvalue weighted by Gasteiger charge is 2.41. The fraction of sp³-hybridized carbons (Fsp3) is 0.476. The lowest BCUT2D eigenvalue weighted by Crippen LogP contribution is -2.54. The number of rotatable bonds is 4. The van der Waals surface area contributed by atoms with E-state index in [4.69, 9.17) is 4.74 Å². The normalized spacial score (nSPS) is 30.2. The van der Waals surface area contributed by atoms with E-state index >= 15 is 0 Å². The molecule has 3 nitrogen and oxygen atoms in total. The molecule has 5 rings (SSSR count). The second-order valence-electron chi connectivity index (χ2n) is 7.32. The van der Waals surface area contributed by atoms with Crippen molar-refractivity contribution in [2.75, 3.05) is 20.2 Å². The van der Waals surface area contributed by atoms with Crippen LogP contribution < -0.4 is 4.74 Å². The number of ether oxygens (including phenoxy) is 1. The molecule has 3 saturated heterocycles. The minimum atomic E-state index is 0.496. The third-order valence-electron chi connectivity index (χ3n) is 6.20. The molecule has 0 radical (unpaired) electrons. The number of piperidine rings is 3. The van der Waals surface area contributed by atoms with Crippen LogP contribution in [0.2, 0.25) is 0 Å². The molecule has 2 bridgehead atoms. The molecule has 0 saturated carbocycles. The largest absolute Gasteiger partial charge is 0.497 e. The van der Waals surface area contributed by atoms with E-state index in [0.717, 1.165) is 17.2 Å². The smallest absolute Gasteiger partial charge is 0.119 e. The van der Waals surface area contributed by atoms with E-state index in [2.05, 4.69) is 47.7 Å². The van der Waals surface area contributed by atoms with Gasteiger partial charge < -0.3 is 4.74 Å². The number of benzene rings is 1. The van der Waals surface area contributed by atoms with Crippen molar-refractivity contribution in [2.24, 2.45) is 11.8 Å². The van der Waals surface area contributed by atoms with Gasteiger partial charge in [0.05, 0.1) is 12.6 Å². The minimum absolute atomic E-state index is 0.496. The van der Waals surface area contributed by atoms with E-state index in [-0.39, 0.29) is 0 Å². The van der Waals surface area contributed by atoms with Crippen LogP contribution in [-0.4, -0.2) is 36.1 Å². The first-order chi connectivity index (χ1) is 11.7. The third kappa shape index (κ3) is 2.51. The summed E-state index contributed by atoms with van der Waals surface area (Å²) < 4.78 is 5.43. The first-order valence-electron chi connectivity index (χ1n) is 9.00. The van der Waals surface area contributed by atoms with Crippen LogP contribution >= 0.6 is 0 Å². The van der Waals surface area contributed by atoms with Gasteiger partial charge in [-0.2, -0.15) is 0 Å². The zero-order valence-electron chi connectivity index (χ0n) is 14.6. The van der Waals surface area contributed by atoms with Gasteiger partial charge in [0.1, 0.15) is 5.75 Å².